The van der Waals surface area contributed by atoms with Crippen molar-refractivity contribution in [2.75, 3.05) is 0 Å². The lowest BCUT2D eigenvalue weighted by molar-refractivity contribution is 0.432. The molecule has 0 N–H and O–H groups in total. The van der Waals surface area contributed by atoms with Crippen molar-refractivity contribution in [2.45, 2.75) is 5.33 Å². The topological polar surface area (TPSA) is 26.0 Å². The number of alkyl halides is 1. The zero-order chi connectivity index (χ0) is 9.10. The fourth-order valence-corrected chi connectivity index (χ4v) is 1.50. The van der Waals surface area contributed by atoms with Crippen LogP contribution in [0.2, 0.25) is 0 Å². The molecule has 1 aromatic carbocycles. The number of hydrogen-bond acceptors (Lipinski definition) is 2. The number of nitrogens with zero attached hydrogens (tertiary/aromatic N) is 1. The summed E-state index contributed by atoms with van der Waals surface area (Å²) in [5, 5.41) is 4.54. The quantitative estimate of drug-likeness (QED) is 0.750. The molecule has 1 aromatic heterocycles. The molecule has 2 rings (SSSR count). The number of hydrogen-bond donors (Lipinski definition) is 0. The minimum absolute atomic E-state index is 0.807. The molecule has 0 atom stereocenters. The van der Waals surface area contributed by atoms with Gasteiger partial charge in [-0.1, -0.05) is 45.4 Å². The first-order chi connectivity index (χ1) is 6.40. The molecule has 0 aliphatic carbocycles. The third kappa shape index (κ3) is 1.80. The minimum atomic E-state index is 0.807. The van der Waals surface area contributed by atoms with Crippen LogP contribution < -0.4 is 0 Å². The fraction of sp³-hybridized carbons (Fsp3) is 0.100. The molecule has 0 fully saturated rings. The molecule has 0 saturated carbocycles. The number of halogens is 1. The summed E-state index contributed by atoms with van der Waals surface area (Å²) in [5.41, 5.74) is 2.31. The van der Waals surface area contributed by atoms with E-state index >= 15 is 0 Å². The Morgan fingerprint density at radius 3 is 2.46 bits per heavy atom. The van der Waals surface area contributed by atoms with Crippen molar-refractivity contribution in [3.63, 3.8) is 0 Å². The maximum atomic E-state index is 5.03. The van der Waals surface area contributed by atoms with Gasteiger partial charge in [0.1, 0.15) is 0 Å². The Balaban J connectivity index is 2.33. The summed E-state index contributed by atoms with van der Waals surface area (Å²) < 4.78 is 5.03. The Morgan fingerprint density at radius 1 is 1.15 bits per heavy atom. The Bertz CT molecular complexity index is 366. The smallest absolute Gasteiger partial charge is 0.166 e. The number of benzene rings is 1. The highest BCUT2D eigenvalue weighted by Crippen LogP contribution is 2.19. The van der Waals surface area contributed by atoms with Crippen LogP contribution in [0.15, 0.2) is 41.1 Å². The molecule has 0 radical (unpaired) electrons. The van der Waals surface area contributed by atoms with Crippen molar-refractivity contribution < 1.29 is 4.52 Å². The average Bonchev–Trinajstić information content (AvgIpc) is 2.71. The standard InChI is InChI=1S/C10H8BrNO/c11-7-8-1-3-9(4-2-8)10-5-6-12-13-10/h1-6H,7H2. The lowest BCUT2D eigenvalue weighted by Crippen LogP contribution is -1.77. The molecule has 0 aliphatic rings. The van der Waals surface area contributed by atoms with E-state index in [-0.39, 0.29) is 0 Å². The van der Waals surface area contributed by atoms with Crippen molar-refractivity contribution in [3.8, 4) is 11.3 Å². The summed E-state index contributed by atoms with van der Waals surface area (Å²) in [6, 6.07) is 10.0. The number of rotatable bonds is 2. The maximum absolute atomic E-state index is 5.03. The fourth-order valence-electron chi connectivity index (χ4n) is 1.12. The SMILES string of the molecule is BrCc1ccc(-c2ccno2)cc1. The van der Waals surface area contributed by atoms with E-state index in [1.165, 1.54) is 5.56 Å². The van der Waals surface area contributed by atoms with Crippen LogP contribution in [-0.4, -0.2) is 5.16 Å². The molecule has 0 saturated heterocycles. The van der Waals surface area contributed by atoms with Gasteiger partial charge in [-0.05, 0) is 5.56 Å². The van der Waals surface area contributed by atoms with Crippen LogP contribution in [0.4, 0.5) is 0 Å². The summed E-state index contributed by atoms with van der Waals surface area (Å²) in [7, 11) is 0. The van der Waals surface area contributed by atoms with Gasteiger partial charge < -0.3 is 4.52 Å². The normalized spacial score (nSPS) is 10.2. The Hall–Kier alpha value is -1.09. The van der Waals surface area contributed by atoms with Crippen LogP contribution in [-0.2, 0) is 5.33 Å². The molecule has 0 spiro atoms. The maximum Gasteiger partial charge on any atom is 0.166 e. The third-order valence-electron chi connectivity index (χ3n) is 1.83. The highest BCUT2D eigenvalue weighted by Gasteiger charge is 2.00. The van der Waals surface area contributed by atoms with E-state index in [1.54, 1.807) is 6.20 Å². The van der Waals surface area contributed by atoms with Crippen LogP contribution in [0.1, 0.15) is 5.56 Å². The van der Waals surface area contributed by atoms with Crippen molar-refractivity contribution in [1.29, 1.82) is 0 Å². The first-order valence-electron chi connectivity index (χ1n) is 3.96. The molecule has 0 unspecified atom stereocenters. The van der Waals surface area contributed by atoms with Gasteiger partial charge in [0.15, 0.2) is 5.76 Å². The van der Waals surface area contributed by atoms with Gasteiger partial charge in [0, 0.05) is 17.0 Å². The monoisotopic (exact) mass is 237 g/mol. The average molecular weight is 238 g/mol. The Morgan fingerprint density at radius 2 is 1.92 bits per heavy atom. The predicted octanol–water partition coefficient (Wildman–Crippen LogP) is 3.24. The van der Waals surface area contributed by atoms with E-state index in [1.807, 2.05) is 18.2 Å². The Labute approximate surface area is 84.7 Å². The first-order valence-corrected chi connectivity index (χ1v) is 5.08. The second-order valence-electron chi connectivity index (χ2n) is 2.71. The van der Waals surface area contributed by atoms with Gasteiger partial charge in [-0.15, -0.1) is 0 Å². The zero-order valence-corrected chi connectivity index (χ0v) is 8.49. The molecule has 0 aliphatic heterocycles. The van der Waals surface area contributed by atoms with Crippen LogP contribution >= 0.6 is 15.9 Å². The van der Waals surface area contributed by atoms with E-state index in [4.69, 9.17) is 4.52 Å². The zero-order valence-electron chi connectivity index (χ0n) is 6.90. The molecule has 0 amide bonds. The molecular formula is C10H8BrNO. The first kappa shape index (κ1) is 8.51. The van der Waals surface area contributed by atoms with Crippen molar-refractivity contribution in [1.82, 2.24) is 5.16 Å². The minimum Gasteiger partial charge on any atom is -0.356 e. The van der Waals surface area contributed by atoms with E-state index in [9.17, 15) is 0 Å². The van der Waals surface area contributed by atoms with Crippen LogP contribution in [0.25, 0.3) is 11.3 Å². The largest absolute Gasteiger partial charge is 0.356 e. The van der Waals surface area contributed by atoms with E-state index < -0.39 is 0 Å². The predicted molar refractivity (Wildman–Crippen MR) is 54.6 cm³/mol. The van der Waals surface area contributed by atoms with Crippen molar-refractivity contribution in [3.05, 3.63) is 42.1 Å². The lowest BCUT2D eigenvalue weighted by Gasteiger charge is -1.97. The van der Waals surface area contributed by atoms with Gasteiger partial charge in [-0.25, -0.2) is 0 Å². The van der Waals surface area contributed by atoms with Gasteiger partial charge in [-0.2, -0.15) is 0 Å². The molecule has 2 nitrogen and oxygen atoms in total. The molecule has 3 heteroatoms. The van der Waals surface area contributed by atoms with Gasteiger partial charge >= 0.3 is 0 Å². The summed E-state index contributed by atoms with van der Waals surface area (Å²) in [5.74, 6) is 0.807. The van der Waals surface area contributed by atoms with E-state index in [0.717, 1.165) is 16.7 Å². The van der Waals surface area contributed by atoms with E-state index in [2.05, 4.69) is 33.2 Å². The summed E-state index contributed by atoms with van der Waals surface area (Å²) in [4.78, 5) is 0. The van der Waals surface area contributed by atoms with Gasteiger partial charge in [0.05, 0.1) is 6.20 Å². The highest BCUT2D eigenvalue weighted by molar-refractivity contribution is 9.08. The third-order valence-corrected chi connectivity index (χ3v) is 2.48. The summed E-state index contributed by atoms with van der Waals surface area (Å²) in [6.45, 7) is 0. The van der Waals surface area contributed by atoms with E-state index in [0.29, 0.717) is 0 Å². The van der Waals surface area contributed by atoms with Crippen molar-refractivity contribution >= 4 is 15.9 Å². The Kier molecular flexibility index (Phi) is 2.45. The van der Waals surface area contributed by atoms with Gasteiger partial charge in [0.25, 0.3) is 0 Å². The molecule has 1 heterocycles. The molecule has 2 aromatic rings. The van der Waals surface area contributed by atoms with Crippen LogP contribution in [0.3, 0.4) is 0 Å². The second-order valence-corrected chi connectivity index (χ2v) is 3.27. The van der Waals surface area contributed by atoms with Crippen molar-refractivity contribution in [2.24, 2.45) is 0 Å². The summed E-state index contributed by atoms with van der Waals surface area (Å²) in [6.07, 6.45) is 1.65. The highest BCUT2D eigenvalue weighted by atomic mass is 79.9. The molecule has 66 valence electrons. The van der Waals surface area contributed by atoms with Gasteiger partial charge in [0.2, 0.25) is 0 Å². The number of aromatic nitrogens is 1. The van der Waals surface area contributed by atoms with Crippen LogP contribution in [0, 0.1) is 0 Å². The van der Waals surface area contributed by atoms with Gasteiger partial charge in [-0.3, -0.25) is 0 Å². The molecular weight excluding hydrogens is 230 g/mol. The molecule has 0 bridgehead atoms. The molecule has 13 heavy (non-hydrogen) atoms. The lowest BCUT2D eigenvalue weighted by atomic mass is 10.1. The van der Waals surface area contributed by atoms with Crippen LogP contribution in [0.5, 0.6) is 0 Å². The second kappa shape index (κ2) is 3.75. The summed E-state index contributed by atoms with van der Waals surface area (Å²) >= 11 is 3.39.